The van der Waals surface area contributed by atoms with Gasteiger partial charge >= 0.3 is 0 Å². The van der Waals surface area contributed by atoms with Crippen molar-refractivity contribution < 1.29 is 14.3 Å². The summed E-state index contributed by atoms with van der Waals surface area (Å²) < 4.78 is 5.51. The number of hydrogen-bond acceptors (Lipinski definition) is 4. The summed E-state index contributed by atoms with van der Waals surface area (Å²) in [5, 5.41) is 12.6. The minimum Gasteiger partial charge on any atom is -0.462 e. The highest BCUT2D eigenvalue weighted by atomic mass is 16.4. The van der Waals surface area contributed by atoms with Gasteiger partial charge in [-0.05, 0) is 37.3 Å². The predicted molar refractivity (Wildman–Crippen MR) is 83.0 cm³/mol. The molecule has 0 radical (unpaired) electrons. The molecule has 2 aliphatic rings. The first-order chi connectivity index (χ1) is 10.7. The summed E-state index contributed by atoms with van der Waals surface area (Å²) in [5.74, 6) is 2.66. The van der Waals surface area contributed by atoms with E-state index < -0.39 is 0 Å². The lowest BCUT2D eigenvalue weighted by atomic mass is 9.89. The van der Waals surface area contributed by atoms with E-state index >= 15 is 0 Å². The van der Waals surface area contributed by atoms with Crippen molar-refractivity contribution in [2.75, 3.05) is 13.1 Å². The zero-order valence-corrected chi connectivity index (χ0v) is 13.3. The van der Waals surface area contributed by atoms with Crippen LogP contribution in [0, 0.1) is 11.8 Å². The van der Waals surface area contributed by atoms with E-state index in [9.17, 15) is 4.79 Å². The maximum atomic E-state index is 12.2. The standard InChI is InChI=1S/C17H26N2O3/c1-2-12-10-19(17(21)13-3-4-13)8-7-16(12)18-9-14-5-6-15(11-20)22-14/h5-6,12-13,16,18,20H,2-4,7-11H2,1H3. The van der Waals surface area contributed by atoms with Crippen molar-refractivity contribution in [3.63, 3.8) is 0 Å². The lowest BCUT2D eigenvalue weighted by molar-refractivity contribution is -0.134. The Morgan fingerprint density at radius 3 is 2.77 bits per heavy atom. The zero-order chi connectivity index (χ0) is 15.5. The molecular weight excluding hydrogens is 280 g/mol. The maximum Gasteiger partial charge on any atom is 0.225 e. The third-order valence-corrected chi connectivity index (χ3v) is 4.91. The summed E-state index contributed by atoms with van der Waals surface area (Å²) in [6.07, 6.45) is 4.25. The molecule has 2 fully saturated rings. The SMILES string of the molecule is CCC1CN(C(=O)C2CC2)CCC1NCc1ccc(CO)o1. The first-order valence-corrected chi connectivity index (χ1v) is 8.42. The summed E-state index contributed by atoms with van der Waals surface area (Å²) in [6.45, 7) is 4.56. The van der Waals surface area contributed by atoms with Crippen LogP contribution in [0.4, 0.5) is 0 Å². The van der Waals surface area contributed by atoms with Gasteiger partial charge in [0, 0.05) is 25.0 Å². The molecule has 1 amide bonds. The molecule has 1 saturated heterocycles. The first-order valence-electron chi connectivity index (χ1n) is 8.42. The molecule has 1 aliphatic heterocycles. The van der Waals surface area contributed by atoms with Crippen molar-refractivity contribution in [1.82, 2.24) is 10.2 Å². The molecule has 1 aromatic rings. The fourth-order valence-corrected chi connectivity index (χ4v) is 3.34. The normalized spacial score (nSPS) is 25.5. The number of hydrogen-bond donors (Lipinski definition) is 2. The van der Waals surface area contributed by atoms with Crippen molar-refractivity contribution in [1.29, 1.82) is 0 Å². The van der Waals surface area contributed by atoms with Gasteiger partial charge in [-0.3, -0.25) is 4.79 Å². The molecule has 5 nitrogen and oxygen atoms in total. The lowest BCUT2D eigenvalue weighted by Crippen LogP contribution is -2.51. The fourth-order valence-electron chi connectivity index (χ4n) is 3.34. The molecular formula is C17H26N2O3. The summed E-state index contributed by atoms with van der Waals surface area (Å²) in [5.41, 5.74) is 0. The van der Waals surface area contributed by atoms with Gasteiger partial charge in [-0.15, -0.1) is 0 Å². The number of likely N-dealkylation sites (tertiary alicyclic amines) is 1. The number of amides is 1. The number of aliphatic hydroxyl groups is 1. The number of furan rings is 1. The summed E-state index contributed by atoms with van der Waals surface area (Å²) >= 11 is 0. The zero-order valence-electron chi connectivity index (χ0n) is 13.3. The van der Waals surface area contributed by atoms with Crippen molar-refractivity contribution >= 4 is 5.91 Å². The smallest absolute Gasteiger partial charge is 0.225 e. The Morgan fingerprint density at radius 2 is 2.14 bits per heavy atom. The summed E-state index contributed by atoms with van der Waals surface area (Å²) in [4.78, 5) is 14.3. The van der Waals surface area contributed by atoms with Gasteiger partial charge in [0.15, 0.2) is 0 Å². The third kappa shape index (κ3) is 3.52. The minimum absolute atomic E-state index is 0.0563. The van der Waals surface area contributed by atoms with Crippen molar-refractivity contribution in [3.05, 3.63) is 23.7 Å². The van der Waals surface area contributed by atoms with Crippen LogP contribution in [-0.4, -0.2) is 35.0 Å². The predicted octanol–water partition coefficient (Wildman–Crippen LogP) is 1.90. The van der Waals surface area contributed by atoms with E-state index in [2.05, 4.69) is 17.1 Å². The molecule has 2 unspecified atom stereocenters. The van der Waals surface area contributed by atoms with E-state index in [1.54, 1.807) is 0 Å². The number of carbonyl (C=O) groups excluding carboxylic acids is 1. The highest BCUT2D eigenvalue weighted by Crippen LogP contribution is 2.33. The monoisotopic (exact) mass is 306 g/mol. The molecule has 1 aromatic heterocycles. The molecule has 2 atom stereocenters. The van der Waals surface area contributed by atoms with Gasteiger partial charge in [-0.25, -0.2) is 0 Å². The van der Waals surface area contributed by atoms with Crippen LogP contribution in [0.1, 0.15) is 44.1 Å². The van der Waals surface area contributed by atoms with E-state index in [0.717, 1.165) is 44.5 Å². The van der Waals surface area contributed by atoms with Crippen LogP contribution in [0.25, 0.3) is 0 Å². The van der Waals surface area contributed by atoms with Crippen LogP contribution >= 0.6 is 0 Å². The van der Waals surface area contributed by atoms with Gasteiger partial charge in [0.1, 0.15) is 18.1 Å². The average Bonchev–Trinajstić information content (AvgIpc) is 3.30. The van der Waals surface area contributed by atoms with Gasteiger partial charge < -0.3 is 19.7 Å². The number of carbonyl (C=O) groups is 1. The number of rotatable bonds is 6. The van der Waals surface area contributed by atoms with Crippen LogP contribution < -0.4 is 5.32 Å². The second kappa shape index (κ2) is 6.84. The molecule has 5 heteroatoms. The first kappa shape index (κ1) is 15.6. The van der Waals surface area contributed by atoms with Crippen molar-refractivity contribution in [2.45, 2.75) is 51.8 Å². The second-order valence-corrected chi connectivity index (χ2v) is 6.53. The number of aliphatic hydroxyl groups excluding tert-OH is 1. The van der Waals surface area contributed by atoms with Crippen LogP contribution in [-0.2, 0) is 17.9 Å². The number of nitrogens with one attached hydrogen (secondary N) is 1. The van der Waals surface area contributed by atoms with Crippen LogP contribution in [0.3, 0.4) is 0 Å². The van der Waals surface area contributed by atoms with E-state index in [0.29, 0.717) is 36.1 Å². The Hall–Kier alpha value is -1.33. The Bertz CT molecular complexity index is 510. The van der Waals surface area contributed by atoms with Gasteiger partial charge in [0.25, 0.3) is 0 Å². The number of piperidine rings is 1. The molecule has 2 N–H and O–H groups in total. The van der Waals surface area contributed by atoms with Crippen LogP contribution in [0.2, 0.25) is 0 Å². The molecule has 0 bridgehead atoms. The Morgan fingerprint density at radius 1 is 1.36 bits per heavy atom. The van der Waals surface area contributed by atoms with Crippen LogP contribution in [0.15, 0.2) is 16.5 Å². The molecule has 3 rings (SSSR count). The van der Waals surface area contributed by atoms with Crippen molar-refractivity contribution in [3.8, 4) is 0 Å². The number of nitrogens with zero attached hydrogens (tertiary/aromatic N) is 1. The maximum absolute atomic E-state index is 12.2. The van der Waals surface area contributed by atoms with Gasteiger partial charge in [0.05, 0.1) is 6.54 Å². The minimum atomic E-state index is -0.0563. The van der Waals surface area contributed by atoms with E-state index in [4.69, 9.17) is 9.52 Å². The van der Waals surface area contributed by atoms with Gasteiger partial charge in [0.2, 0.25) is 5.91 Å². The average molecular weight is 306 g/mol. The summed E-state index contributed by atoms with van der Waals surface area (Å²) in [6, 6.07) is 4.15. The molecule has 0 aromatic carbocycles. The molecule has 1 aliphatic carbocycles. The Balaban J connectivity index is 1.51. The molecule has 22 heavy (non-hydrogen) atoms. The van der Waals surface area contributed by atoms with E-state index in [1.807, 2.05) is 12.1 Å². The van der Waals surface area contributed by atoms with Gasteiger partial charge in [-0.1, -0.05) is 13.3 Å². The highest BCUT2D eigenvalue weighted by Gasteiger charge is 2.37. The lowest BCUT2D eigenvalue weighted by Gasteiger charge is -2.39. The molecule has 2 heterocycles. The fraction of sp³-hybridized carbons (Fsp3) is 0.706. The third-order valence-electron chi connectivity index (χ3n) is 4.91. The van der Waals surface area contributed by atoms with Gasteiger partial charge in [-0.2, -0.15) is 0 Å². The quantitative estimate of drug-likeness (QED) is 0.842. The van der Waals surface area contributed by atoms with E-state index in [1.165, 1.54) is 0 Å². The van der Waals surface area contributed by atoms with Crippen LogP contribution in [0.5, 0.6) is 0 Å². The van der Waals surface area contributed by atoms with Crippen molar-refractivity contribution in [2.24, 2.45) is 11.8 Å². The summed E-state index contributed by atoms with van der Waals surface area (Å²) in [7, 11) is 0. The topological polar surface area (TPSA) is 65.7 Å². The molecule has 1 saturated carbocycles. The molecule has 122 valence electrons. The Labute approximate surface area is 131 Å². The highest BCUT2D eigenvalue weighted by molar-refractivity contribution is 5.81. The second-order valence-electron chi connectivity index (χ2n) is 6.53. The Kier molecular flexibility index (Phi) is 4.84. The largest absolute Gasteiger partial charge is 0.462 e. The molecule has 0 spiro atoms. The van der Waals surface area contributed by atoms with E-state index in [-0.39, 0.29) is 6.61 Å².